The van der Waals surface area contributed by atoms with Crippen molar-refractivity contribution in [3.8, 4) is 11.4 Å². The van der Waals surface area contributed by atoms with E-state index in [0.717, 1.165) is 23.5 Å². The van der Waals surface area contributed by atoms with Gasteiger partial charge in [-0.15, -0.1) is 5.10 Å². The molecule has 0 aliphatic carbocycles. The maximum absolute atomic E-state index is 12.9. The Labute approximate surface area is 167 Å². The van der Waals surface area contributed by atoms with Gasteiger partial charge in [0.1, 0.15) is 5.75 Å². The van der Waals surface area contributed by atoms with Gasteiger partial charge >= 0.3 is 0 Å². The van der Waals surface area contributed by atoms with Crippen LogP contribution < -0.4 is 9.64 Å². The molecule has 8 heteroatoms. The fourth-order valence-electron chi connectivity index (χ4n) is 3.42. The van der Waals surface area contributed by atoms with Crippen LogP contribution in [0.2, 0.25) is 0 Å². The minimum absolute atomic E-state index is 0.0590. The first kappa shape index (κ1) is 18.5. The lowest BCUT2D eigenvalue weighted by molar-refractivity contribution is -0.116. The molecule has 7 nitrogen and oxygen atoms in total. The van der Waals surface area contributed by atoms with Crippen LogP contribution >= 0.6 is 11.8 Å². The summed E-state index contributed by atoms with van der Waals surface area (Å²) in [6, 6.07) is 15.8. The van der Waals surface area contributed by atoms with E-state index >= 15 is 0 Å². The predicted octanol–water partition coefficient (Wildman–Crippen LogP) is 3.13. The maximum atomic E-state index is 12.9. The van der Waals surface area contributed by atoms with Gasteiger partial charge in [-0.1, -0.05) is 30.0 Å². The summed E-state index contributed by atoms with van der Waals surface area (Å²) in [6.45, 7) is 4.64. The number of nitrogens with zero attached hydrogens (tertiary/aromatic N) is 5. The monoisotopic (exact) mass is 395 g/mol. The number of hydrogen-bond acceptors (Lipinski definition) is 6. The summed E-state index contributed by atoms with van der Waals surface area (Å²) < 4.78 is 7.10. The Kier molecular flexibility index (Phi) is 5.29. The number of carbonyl (C=O) groups is 1. The lowest BCUT2D eigenvalue weighted by atomic mass is 10.1. The van der Waals surface area contributed by atoms with Crippen LogP contribution in [-0.4, -0.2) is 44.5 Å². The van der Waals surface area contributed by atoms with Crippen molar-refractivity contribution in [1.82, 2.24) is 20.2 Å². The van der Waals surface area contributed by atoms with E-state index < -0.39 is 0 Å². The maximum Gasteiger partial charge on any atom is 0.237 e. The van der Waals surface area contributed by atoms with Gasteiger partial charge in [0.25, 0.3) is 0 Å². The molecule has 1 aromatic heterocycles. The number of fused-ring (bicyclic) bond motifs is 1. The number of anilines is 1. The first-order chi connectivity index (χ1) is 13.7. The molecule has 3 aromatic rings. The van der Waals surface area contributed by atoms with E-state index in [-0.39, 0.29) is 17.7 Å². The molecule has 2 heterocycles. The summed E-state index contributed by atoms with van der Waals surface area (Å²) in [5.41, 5.74) is 3.04. The third-order valence-corrected chi connectivity index (χ3v) is 5.54. The number of carbonyl (C=O) groups excluding carboxylic acids is 1. The van der Waals surface area contributed by atoms with E-state index in [0.29, 0.717) is 11.8 Å². The van der Waals surface area contributed by atoms with Crippen LogP contribution in [0.5, 0.6) is 5.75 Å². The number of rotatable bonds is 6. The largest absolute Gasteiger partial charge is 0.494 e. The smallest absolute Gasteiger partial charge is 0.237 e. The number of benzene rings is 2. The van der Waals surface area contributed by atoms with Gasteiger partial charge in [0.2, 0.25) is 11.1 Å². The van der Waals surface area contributed by atoms with Gasteiger partial charge in [-0.25, -0.2) is 0 Å². The number of amides is 1. The number of hydrogen-bond donors (Lipinski definition) is 0. The van der Waals surface area contributed by atoms with E-state index in [1.54, 1.807) is 4.68 Å². The van der Waals surface area contributed by atoms with Crippen LogP contribution in [0.4, 0.5) is 5.69 Å². The lowest BCUT2D eigenvalue weighted by Gasteiger charge is -2.22. The van der Waals surface area contributed by atoms with E-state index in [9.17, 15) is 4.79 Å². The first-order valence-electron chi connectivity index (χ1n) is 9.21. The molecule has 1 amide bonds. The molecule has 1 unspecified atom stereocenters. The van der Waals surface area contributed by atoms with Crippen molar-refractivity contribution in [2.75, 3.05) is 17.3 Å². The van der Waals surface area contributed by atoms with Gasteiger partial charge in [-0.05, 0) is 66.6 Å². The second-order valence-electron chi connectivity index (χ2n) is 6.53. The van der Waals surface area contributed by atoms with Crippen molar-refractivity contribution < 1.29 is 9.53 Å². The molecule has 144 valence electrons. The molecule has 1 atom stereocenters. The van der Waals surface area contributed by atoms with Gasteiger partial charge in [0.15, 0.2) is 0 Å². The van der Waals surface area contributed by atoms with Crippen LogP contribution in [-0.2, 0) is 11.2 Å². The third kappa shape index (κ3) is 3.60. The molecule has 2 aromatic carbocycles. The summed E-state index contributed by atoms with van der Waals surface area (Å²) in [6.07, 6.45) is 0.885. The predicted molar refractivity (Wildman–Crippen MR) is 108 cm³/mol. The topological polar surface area (TPSA) is 73.1 Å². The molecule has 0 bridgehead atoms. The number of ether oxygens (including phenoxy) is 1. The van der Waals surface area contributed by atoms with E-state index in [1.807, 2.05) is 54.3 Å². The quantitative estimate of drug-likeness (QED) is 0.597. The number of tetrazole rings is 1. The molecule has 0 saturated carbocycles. The molecule has 1 aliphatic heterocycles. The van der Waals surface area contributed by atoms with E-state index in [2.05, 4.69) is 28.5 Å². The fourth-order valence-corrected chi connectivity index (χ4v) is 4.17. The van der Waals surface area contributed by atoms with Gasteiger partial charge in [-0.3, -0.25) is 4.79 Å². The molecule has 1 aliphatic rings. The van der Waals surface area contributed by atoms with Crippen molar-refractivity contribution in [2.24, 2.45) is 0 Å². The normalized spacial score (nSPS) is 15.5. The number of aromatic nitrogens is 4. The Morgan fingerprint density at radius 3 is 2.79 bits per heavy atom. The zero-order valence-electron chi connectivity index (χ0n) is 15.8. The minimum Gasteiger partial charge on any atom is -0.494 e. The van der Waals surface area contributed by atoms with Crippen LogP contribution in [0.25, 0.3) is 5.69 Å². The van der Waals surface area contributed by atoms with Gasteiger partial charge < -0.3 is 9.64 Å². The summed E-state index contributed by atoms with van der Waals surface area (Å²) in [5.74, 6) is 1.13. The lowest BCUT2D eigenvalue weighted by Crippen LogP contribution is -2.37. The molecule has 4 rings (SSSR count). The Bertz CT molecular complexity index is 973. The highest BCUT2D eigenvalue weighted by atomic mass is 32.2. The molecule has 28 heavy (non-hydrogen) atoms. The third-order valence-electron chi connectivity index (χ3n) is 4.63. The van der Waals surface area contributed by atoms with Gasteiger partial charge in [0, 0.05) is 11.7 Å². The van der Waals surface area contributed by atoms with Crippen LogP contribution in [0.1, 0.15) is 19.4 Å². The molecular weight excluding hydrogens is 374 g/mol. The number of para-hydroxylation sites is 1. The van der Waals surface area contributed by atoms with Crippen LogP contribution in [0.15, 0.2) is 53.7 Å². The van der Waals surface area contributed by atoms with Crippen LogP contribution in [0, 0.1) is 0 Å². The van der Waals surface area contributed by atoms with Crippen LogP contribution in [0.3, 0.4) is 0 Å². The average Bonchev–Trinajstić information content (AvgIpc) is 3.30. The Morgan fingerprint density at radius 1 is 1.21 bits per heavy atom. The minimum atomic E-state index is 0.0590. The van der Waals surface area contributed by atoms with Crippen molar-refractivity contribution in [1.29, 1.82) is 0 Å². The summed E-state index contributed by atoms with van der Waals surface area (Å²) in [5, 5.41) is 12.5. The molecular formula is C20H21N5O2S. The fraction of sp³-hybridized carbons (Fsp3) is 0.300. The van der Waals surface area contributed by atoms with Crippen molar-refractivity contribution >= 4 is 23.4 Å². The summed E-state index contributed by atoms with van der Waals surface area (Å²) >= 11 is 1.34. The second-order valence-corrected chi connectivity index (χ2v) is 7.48. The highest BCUT2D eigenvalue weighted by molar-refractivity contribution is 7.99. The summed E-state index contributed by atoms with van der Waals surface area (Å²) in [4.78, 5) is 14.8. The highest BCUT2D eigenvalue weighted by Gasteiger charge is 2.30. The summed E-state index contributed by atoms with van der Waals surface area (Å²) in [7, 11) is 0. The molecule has 0 N–H and O–H groups in total. The number of thioether (sulfide) groups is 1. The van der Waals surface area contributed by atoms with Gasteiger partial charge in [0.05, 0.1) is 18.0 Å². The Morgan fingerprint density at radius 2 is 2.00 bits per heavy atom. The first-order valence-corrected chi connectivity index (χ1v) is 10.2. The highest BCUT2D eigenvalue weighted by Crippen LogP contribution is 2.32. The molecule has 0 spiro atoms. The van der Waals surface area contributed by atoms with Crippen molar-refractivity contribution in [2.45, 2.75) is 31.5 Å². The zero-order chi connectivity index (χ0) is 19.5. The SMILES string of the molecule is CCOc1ccc(-n2nnnc2SCC(=O)N2c3ccccc3CC2C)cc1. The zero-order valence-corrected chi connectivity index (χ0v) is 16.6. The second kappa shape index (κ2) is 8.02. The Balaban J connectivity index is 1.46. The van der Waals surface area contributed by atoms with E-state index in [1.165, 1.54) is 17.3 Å². The molecule has 0 saturated heterocycles. The average molecular weight is 395 g/mol. The molecule has 0 radical (unpaired) electrons. The standard InChI is InChI=1S/C20H21N5O2S/c1-3-27-17-10-8-16(9-11-17)25-20(21-22-23-25)28-13-19(26)24-14(2)12-15-6-4-5-7-18(15)24/h4-11,14H,3,12-13H2,1-2H3. The van der Waals surface area contributed by atoms with Crippen molar-refractivity contribution in [3.05, 3.63) is 54.1 Å². The van der Waals surface area contributed by atoms with Gasteiger partial charge in [-0.2, -0.15) is 4.68 Å². The Hall–Kier alpha value is -2.87. The van der Waals surface area contributed by atoms with E-state index in [4.69, 9.17) is 4.74 Å². The van der Waals surface area contributed by atoms with Crippen molar-refractivity contribution in [3.63, 3.8) is 0 Å². The molecule has 0 fully saturated rings.